The van der Waals surface area contributed by atoms with Crippen LogP contribution in [0.3, 0.4) is 0 Å². The first-order valence-electron chi connectivity index (χ1n) is 16.7. The molecule has 0 aliphatic carbocycles. The number of rotatable bonds is 18. The van der Waals surface area contributed by atoms with Crippen molar-refractivity contribution in [1.29, 1.82) is 0 Å². The van der Waals surface area contributed by atoms with Crippen LogP contribution in [-0.2, 0) is 47.9 Å². The Bertz CT molecular complexity index is 1280. The molecule has 0 bridgehead atoms. The molecule has 1 fully saturated rings. The Hall–Kier alpha value is -2.41. The van der Waals surface area contributed by atoms with Gasteiger partial charge in [-0.15, -0.1) is 0 Å². The fraction of sp³-hybridized carbons (Fsp3) is 0.474. The van der Waals surface area contributed by atoms with E-state index in [0.29, 0.717) is 26.4 Å². The first-order chi connectivity index (χ1) is 22.3. The third-order valence-corrected chi connectivity index (χ3v) is 13.9. The average Bonchev–Trinajstić information content (AvgIpc) is 3.07. The fourth-order valence-electron chi connectivity index (χ4n) is 5.71. The summed E-state index contributed by atoms with van der Waals surface area (Å²) < 4.78 is 39.9. The highest BCUT2D eigenvalue weighted by atomic mass is 28.4. The molecule has 5 atom stereocenters. The summed E-state index contributed by atoms with van der Waals surface area (Å²) in [6.45, 7) is 13.3. The Morgan fingerprint density at radius 1 is 0.674 bits per heavy atom. The lowest BCUT2D eigenvalue weighted by Gasteiger charge is -2.48. The third kappa shape index (κ3) is 11.1. The summed E-state index contributed by atoms with van der Waals surface area (Å²) in [5, 5.41) is 0. The second-order valence-corrected chi connectivity index (χ2v) is 23.0. The molecule has 1 aliphatic heterocycles. The minimum Gasteiger partial charge on any atom is -0.402 e. The Kier molecular flexibility index (Phi) is 14.4. The fourth-order valence-corrected chi connectivity index (χ4v) is 9.49. The van der Waals surface area contributed by atoms with Gasteiger partial charge >= 0.3 is 0 Å². The standard InChI is InChI=1S/C38H54O6Si2/c1-7-46(8-2,26-18-25-45(4,5)6)44-37-36(42-29-33-23-16-11-17-24-33)35(41-28-32-21-14-10-15-22-32)34(43-38(37)39-3)30-40-27-31-19-12-9-13-20-31/h9-24,26,34-38H,7-8,25,27-30H2,1-6H3/b26-18+/t34-,35-,36+,37+,38+/m1/s1. The smallest absolute Gasteiger partial charge is 0.217 e. The SMILES string of the molecule is CC[Si](/C=C/C[Si](C)(C)C)(CC)O[C@@H]1[C@@H](OC)O[C@H](COCc2ccccc2)[C@@H](OCc2ccccc2)[C@@H]1OCc1ccccc1. The van der Waals surface area contributed by atoms with Crippen LogP contribution in [0.5, 0.6) is 0 Å². The summed E-state index contributed by atoms with van der Waals surface area (Å²) in [6.07, 6.45) is -0.0908. The molecule has 0 aromatic heterocycles. The minimum atomic E-state index is -2.33. The van der Waals surface area contributed by atoms with E-state index in [-0.39, 0.29) is 0 Å². The lowest BCUT2D eigenvalue weighted by atomic mass is 9.98. The molecular formula is C38H54O6Si2. The van der Waals surface area contributed by atoms with Crippen molar-refractivity contribution >= 4 is 16.4 Å². The second kappa shape index (κ2) is 18.2. The maximum absolute atomic E-state index is 7.27. The van der Waals surface area contributed by atoms with Gasteiger partial charge < -0.3 is 28.1 Å². The van der Waals surface area contributed by atoms with E-state index in [2.05, 4.69) is 81.7 Å². The van der Waals surface area contributed by atoms with E-state index in [4.69, 9.17) is 28.1 Å². The number of allylic oxidation sites excluding steroid dienone is 1. The van der Waals surface area contributed by atoms with Crippen molar-refractivity contribution in [2.24, 2.45) is 0 Å². The molecule has 0 spiro atoms. The van der Waals surface area contributed by atoms with Gasteiger partial charge in [0, 0.05) is 15.2 Å². The average molecular weight is 663 g/mol. The van der Waals surface area contributed by atoms with Gasteiger partial charge in [-0.1, -0.05) is 136 Å². The normalized spacial score (nSPS) is 22.3. The zero-order valence-electron chi connectivity index (χ0n) is 28.6. The van der Waals surface area contributed by atoms with Crippen molar-refractivity contribution in [2.75, 3.05) is 13.7 Å². The Morgan fingerprint density at radius 2 is 1.17 bits per heavy atom. The van der Waals surface area contributed by atoms with Gasteiger partial charge in [-0.05, 0) is 34.8 Å². The van der Waals surface area contributed by atoms with Crippen LogP contribution in [0.2, 0.25) is 37.8 Å². The van der Waals surface area contributed by atoms with E-state index in [1.54, 1.807) is 7.11 Å². The molecule has 3 aromatic carbocycles. The van der Waals surface area contributed by atoms with Gasteiger partial charge in [0.1, 0.15) is 24.4 Å². The molecule has 0 amide bonds. The molecule has 4 rings (SSSR count). The van der Waals surface area contributed by atoms with Crippen LogP contribution in [0, 0.1) is 0 Å². The predicted molar refractivity (Wildman–Crippen MR) is 191 cm³/mol. The van der Waals surface area contributed by atoms with Gasteiger partial charge in [-0.2, -0.15) is 0 Å². The van der Waals surface area contributed by atoms with E-state index < -0.39 is 47.1 Å². The molecule has 250 valence electrons. The summed E-state index contributed by atoms with van der Waals surface area (Å²) in [5.74, 6) is 0. The number of hydrogen-bond acceptors (Lipinski definition) is 6. The molecule has 1 aliphatic rings. The predicted octanol–water partition coefficient (Wildman–Crippen LogP) is 8.55. The van der Waals surface area contributed by atoms with Crippen molar-refractivity contribution in [3.05, 3.63) is 119 Å². The number of ether oxygens (including phenoxy) is 5. The third-order valence-electron chi connectivity index (χ3n) is 8.51. The van der Waals surface area contributed by atoms with Crippen LogP contribution in [0.15, 0.2) is 103 Å². The molecule has 0 radical (unpaired) electrons. The molecule has 3 aromatic rings. The molecule has 8 heteroatoms. The van der Waals surface area contributed by atoms with Crippen molar-refractivity contribution < 1.29 is 28.1 Å². The summed E-state index contributed by atoms with van der Waals surface area (Å²) in [7, 11) is -1.89. The summed E-state index contributed by atoms with van der Waals surface area (Å²) in [6, 6.07) is 33.7. The second-order valence-electron chi connectivity index (χ2n) is 13.3. The van der Waals surface area contributed by atoms with Crippen LogP contribution in [0.25, 0.3) is 0 Å². The lowest BCUT2D eigenvalue weighted by molar-refractivity contribution is -0.309. The van der Waals surface area contributed by atoms with Crippen LogP contribution in [-0.4, -0.2) is 60.8 Å². The van der Waals surface area contributed by atoms with E-state index in [1.165, 1.54) is 0 Å². The van der Waals surface area contributed by atoms with Crippen LogP contribution < -0.4 is 0 Å². The van der Waals surface area contributed by atoms with Gasteiger partial charge in [0.05, 0.1) is 26.4 Å². The molecular weight excluding hydrogens is 609 g/mol. The van der Waals surface area contributed by atoms with Gasteiger partial charge in [-0.3, -0.25) is 0 Å². The quantitative estimate of drug-likeness (QED) is 0.127. The summed E-state index contributed by atoms with van der Waals surface area (Å²) in [5.41, 5.74) is 5.68. The van der Waals surface area contributed by atoms with Crippen LogP contribution in [0.4, 0.5) is 0 Å². The summed E-state index contributed by atoms with van der Waals surface area (Å²) >= 11 is 0. The van der Waals surface area contributed by atoms with Crippen molar-refractivity contribution in [2.45, 2.75) is 102 Å². The molecule has 0 unspecified atom stereocenters. The number of benzene rings is 3. The van der Waals surface area contributed by atoms with E-state index >= 15 is 0 Å². The zero-order valence-corrected chi connectivity index (χ0v) is 30.6. The largest absolute Gasteiger partial charge is 0.402 e. The first kappa shape index (κ1) is 36.4. The van der Waals surface area contributed by atoms with Gasteiger partial charge in [0.15, 0.2) is 6.29 Å². The maximum Gasteiger partial charge on any atom is 0.217 e. The van der Waals surface area contributed by atoms with Crippen LogP contribution >= 0.6 is 0 Å². The van der Waals surface area contributed by atoms with Crippen molar-refractivity contribution in [3.63, 3.8) is 0 Å². The van der Waals surface area contributed by atoms with Crippen molar-refractivity contribution in [1.82, 2.24) is 0 Å². The van der Waals surface area contributed by atoms with E-state index in [1.807, 2.05) is 54.6 Å². The van der Waals surface area contributed by atoms with Gasteiger partial charge in [0.25, 0.3) is 0 Å². The Morgan fingerprint density at radius 3 is 1.65 bits per heavy atom. The summed E-state index contributed by atoms with van der Waals surface area (Å²) in [4.78, 5) is 0. The van der Waals surface area contributed by atoms with E-state index in [9.17, 15) is 0 Å². The Labute approximate surface area is 279 Å². The maximum atomic E-state index is 7.27. The lowest BCUT2D eigenvalue weighted by Crippen LogP contribution is -2.63. The Balaban J connectivity index is 1.66. The highest BCUT2D eigenvalue weighted by molar-refractivity contribution is 6.79. The van der Waals surface area contributed by atoms with E-state index in [0.717, 1.165) is 34.8 Å². The van der Waals surface area contributed by atoms with Gasteiger partial charge in [-0.25, -0.2) is 0 Å². The number of hydrogen-bond donors (Lipinski definition) is 0. The molecule has 46 heavy (non-hydrogen) atoms. The molecule has 0 saturated carbocycles. The van der Waals surface area contributed by atoms with Crippen LogP contribution in [0.1, 0.15) is 30.5 Å². The zero-order chi connectivity index (χ0) is 32.8. The molecule has 0 N–H and O–H groups in total. The minimum absolute atomic E-state index is 0.326. The highest BCUT2D eigenvalue weighted by Crippen LogP contribution is 2.34. The number of methoxy groups -OCH3 is 1. The molecule has 1 saturated heterocycles. The monoisotopic (exact) mass is 662 g/mol. The molecule has 1 heterocycles. The topological polar surface area (TPSA) is 55.4 Å². The molecule has 6 nitrogen and oxygen atoms in total. The first-order valence-corrected chi connectivity index (χ1v) is 22.8. The van der Waals surface area contributed by atoms with Crippen molar-refractivity contribution in [3.8, 4) is 0 Å². The van der Waals surface area contributed by atoms with Gasteiger partial charge in [0.2, 0.25) is 8.32 Å². The highest BCUT2D eigenvalue weighted by Gasteiger charge is 2.51.